The van der Waals surface area contributed by atoms with Crippen LogP contribution in [-0.4, -0.2) is 26.6 Å². The van der Waals surface area contributed by atoms with Crippen molar-refractivity contribution in [2.75, 3.05) is 21.9 Å². The largest absolute Gasteiger partial charge is 0.326 e. The van der Waals surface area contributed by atoms with Gasteiger partial charge in [-0.25, -0.2) is 8.42 Å². The third kappa shape index (κ3) is 3.85. The summed E-state index contributed by atoms with van der Waals surface area (Å²) in [7, 11) is -3.51. The molecule has 25 heavy (non-hydrogen) atoms. The SMILES string of the molecule is Cc1ccc(NC(=O)CCS(=O)(=O)N2CCc3ccccc32)c(C)c1. The summed E-state index contributed by atoms with van der Waals surface area (Å²) in [5.74, 6) is -0.485. The first-order chi connectivity index (χ1) is 11.9. The summed E-state index contributed by atoms with van der Waals surface area (Å²) in [6.07, 6.45) is 0.651. The number of carbonyl (C=O) groups is 1. The van der Waals surface area contributed by atoms with Crippen LogP contribution in [0.25, 0.3) is 0 Å². The number of hydrogen-bond donors (Lipinski definition) is 1. The number of nitrogens with one attached hydrogen (secondary N) is 1. The zero-order valence-corrected chi connectivity index (χ0v) is 15.3. The number of aryl methyl sites for hydroxylation is 2. The van der Waals surface area contributed by atoms with Gasteiger partial charge in [-0.3, -0.25) is 9.10 Å². The molecule has 0 saturated heterocycles. The van der Waals surface area contributed by atoms with Crippen molar-refractivity contribution < 1.29 is 13.2 Å². The molecule has 0 spiro atoms. The summed E-state index contributed by atoms with van der Waals surface area (Å²) in [4.78, 5) is 12.2. The molecule has 0 atom stereocenters. The van der Waals surface area contributed by atoms with Crippen molar-refractivity contribution in [1.82, 2.24) is 0 Å². The molecule has 0 aromatic heterocycles. The number of benzene rings is 2. The Morgan fingerprint density at radius 2 is 1.92 bits per heavy atom. The Labute approximate surface area is 148 Å². The molecule has 0 fully saturated rings. The minimum absolute atomic E-state index is 0.0612. The predicted octanol–water partition coefficient (Wildman–Crippen LogP) is 3.02. The number of hydrogen-bond acceptors (Lipinski definition) is 3. The summed E-state index contributed by atoms with van der Waals surface area (Å²) < 4.78 is 26.6. The van der Waals surface area contributed by atoms with Crippen LogP contribution in [0.5, 0.6) is 0 Å². The summed E-state index contributed by atoms with van der Waals surface area (Å²) >= 11 is 0. The highest BCUT2D eigenvalue weighted by atomic mass is 32.2. The molecule has 0 aliphatic carbocycles. The van der Waals surface area contributed by atoms with Gasteiger partial charge >= 0.3 is 0 Å². The normalized spacial score (nSPS) is 13.6. The quantitative estimate of drug-likeness (QED) is 0.893. The van der Waals surface area contributed by atoms with E-state index in [1.54, 1.807) is 0 Å². The lowest BCUT2D eigenvalue weighted by Crippen LogP contribution is -2.32. The summed E-state index contributed by atoms with van der Waals surface area (Å²) in [5, 5.41) is 2.80. The maximum atomic E-state index is 12.6. The number of sulfonamides is 1. The number of carbonyl (C=O) groups excluding carboxylic acids is 1. The number of rotatable bonds is 5. The van der Waals surface area contributed by atoms with Crippen LogP contribution in [0, 0.1) is 13.8 Å². The first kappa shape index (κ1) is 17.5. The minimum Gasteiger partial charge on any atom is -0.326 e. The van der Waals surface area contributed by atoms with E-state index in [0.717, 1.165) is 28.1 Å². The summed E-state index contributed by atoms with van der Waals surface area (Å²) in [6, 6.07) is 13.2. The van der Waals surface area contributed by atoms with Gasteiger partial charge in [0.25, 0.3) is 0 Å². The van der Waals surface area contributed by atoms with Gasteiger partial charge in [0.2, 0.25) is 15.9 Å². The highest BCUT2D eigenvalue weighted by molar-refractivity contribution is 7.92. The molecule has 1 aliphatic heterocycles. The van der Waals surface area contributed by atoms with E-state index in [-0.39, 0.29) is 18.1 Å². The first-order valence-corrected chi connectivity index (χ1v) is 9.93. The number of para-hydroxylation sites is 1. The van der Waals surface area contributed by atoms with E-state index in [0.29, 0.717) is 13.0 Å². The van der Waals surface area contributed by atoms with E-state index >= 15 is 0 Å². The van der Waals surface area contributed by atoms with E-state index in [4.69, 9.17) is 0 Å². The molecule has 6 heteroatoms. The standard InChI is InChI=1S/C19H22N2O3S/c1-14-7-8-17(15(2)13-14)20-19(22)10-12-25(23,24)21-11-9-16-5-3-4-6-18(16)21/h3-8,13H,9-12H2,1-2H3,(H,20,22). The van der Waals surface area contributed by atoms with Gasteiger partial charge < -0.3 is 5.32 Å². The molecule has 3 rings (SSSR count). The average molecular weight is 358 g/mol. The molecular formula is C19H22N2O3S. The molecule has 0 unspecified atom stereocenters. The van der Waals surface area contributed by atoms with Crippen molar-refractivity contribution in [2.45, 2.75) is 26.7 Å². The Kier molecular flexibility index (Phi) is 4.81. The monoisotopic (exact) mass is 358 g/mol. The Bertz CT molecular complexity index is 907. The fourth-order valence-electron chi connectivity index (χ4n) is 3.10. The zero-order valence-electron chi connectivity index (χ0n) is 14.5. The van der Waals surface area contributed by atoms with Crippen molar-refractivity contribution >= 4 is 27.3 Å². The van der Waals surface area contributed by atoms with Crippen LogP contribution in [0.1, 0.15) is 23.1 Å². The van der Waals surface area contributed by atoms with Gasteiger partial charge in [-0.2, -0.15) is 0 Å². The van der Waals surface area contributed by atoms with Crippen molar-refractivity contribution in [3.05, 3.63) is 59.2 Å². The van der Waals surface area contributed by atoms with Crippen LogP contribution < -0.4 is 9.62 Å². The number of nitrogens with zero attached hydrogens (tertiary/aromatic N) is 1. The minimum atomic E-state index is -3.51. The highest BCUT2D eigenvalue weighted by Crippen LogP contribution is 2.30. The van der Waals surface area contributed by atoms with Crippen molar-refractivity contribution in [3.8, 4) is 0 Å². The summed E-state index contributed by atoms with van der Waals surface area (Å²) in [5.41, 5.74) is 4.57. The number of fused-ring (bicyclic) bond motifs is 1. The van der Waals surface area contributed by atoms with Crippen LogP contribution in [0.15, 0.2) is 42.5 Å². The van der Waals surface area contributed by atoms with Gasteiger partial charge in [0.15, 0.2) is 0 Å². The zero-order chi connectivity index (χ0) is 18.0. The van der Waals surface area contributed by atoms with Crippen LogP contribution in [-0.2, 0) is 21.2 Å². The maximum absolute atomic E-state index is 12.6. The molecule has 2 aromatic rings. The van der Waals surface area contributed by atoms with Gasteiger partial charge in [0.05, 0.1) is 11.4 Å². The second kappa shape index (κ2) is 6.88. The Hall–Kier alpha value is -2.34. The van der Waals surface area contributed by atoms with E-state index in [1.165, 1.54) is 4.31 Å². The second-order valence-electron chi connectivity index (χ2n) is 6.38. The van der Waals surface area contributed by atoms with Gasteiger partial charge in [0, 0.05) is 18.7 Å². The van der Waals surface area contributed by atoms with Crippen LogP contribution in [0.4, 0.5) is 11.4 Å². The van der Waals surface area contributed by atoms with E-state index < -0.39 is 10.0 Å². The van der Waals surface area contributed by atoms with Crippen LogP contribution in [0.2, 0.25) is 0 Å². The molecule has 0 bridgehead atoms. The molecule has 5 nitrogen and oxygen atoms in total. The smallest absolute Gasteiger partial charge is 0.235 e. The first-order valence-electron chi connectivity index (χ1n) is 8.32. The molecule has 0 saturated carbocycles. The molecule has 1 amide bonds. The van der Waals surface area contributed by atoms with Crippen LogP contribution >= 0.6 is 0 Å². The van der Waals surface area contributed by atoms with Gasteiger partial charge in [0.1, 0.15) is 0 Å². The topological polar surface area (TPSA) is 66.5 Å². The molecule has 1 N–H and O–H groups in total. The van der Waals surface area contributed by atoms with Crippen LogP contribution in [0.3, 0.4) is 0 Å². The van der Waals surface area contributed by atoms with Crippen molar-refractivity contribution in [3.63, 3.8) is 0 Å². The third-order valence-electron chi connectivity index (χ3n) is 4.42. The van der Waals surface area contributed by atoms with E-state index in [2.05, 4.69) is 5.32 Å². The molecule has 2 aromatic carbocycles. The molecular weight excluding hydrogens is 336 g/mol. The van der Waals surface area contributed by atoms with E-state index in [1.807, 2.05) is 56.3 Å². The second-order valence-corrected chi connectivity index (χ2v) is 8.40. The molecule has 1 aliphatic rings. The Morgan fingerprint density at radius 3 is 2.68 bits per heavy atom. The fourth-order valence-corrected chi connectivity index (χ4v) is 4.61. The molecule has 0 radical (unpaired) electrons. The Balaban J connectivity index is 1.64. The number of amides is 1. The summed E-state index contributed by atoms with van der Waals surface area (Å²) in [6.45, 7) is 4.35. The average Bonchev–Trinajstić information content (AvgIpc) is 3.01. The lowest BCUT2D eigenvalue weighted by Gasteiger charge is -2.19. The predicted molar refractivity (Wildman–Crippen MR) is 100 cm³/mol. The van der Waals surface area contributed by atoms with Gasteiger partial charge in [-0.05, 0) is 43.5 Å². The van der Waals surface area contributed by atoms with E-state index in [9.17, 15) is 13.2 Å². The van der Waals surface area contributed by atoms with Crippen molar-refractivity contribution in [1.29, 1.82) is 0 Å². The number of anilines is 2. The fraction of sp³-hybridized carbons (Fsp3) is 0.316. The van der Waals surface area contributed by atoms with Crippen molar-refractivity contribution in [2.24, 2.45) is 0 Å². The molecule has 1 heterocycles. The lowest BCUT2D eigenvalue weighted by molar-refractivity contribution is -0.115. The molecule has 132 valence electrons. The third-order valence-corrected chi connectivity index (χ3v) is 6.19. The van der Waals surface area contributed by atoms with Gasteiger partial charge in [-0.15, -0.1) is 0 Å². The maximum Gasteiger partial charge on any atom is 0.235 e. The Morgan fingerprint density at radius 1 is 1.16 bits per heavy atom. The van der Waals surface area contributed by atoms with Gasteiger partial charge in [-0.1, -0.05) is 35.9 Å². The lowest BCUT2D eigenvalue weighted by atomic mass is 10.1. The highest BCUT2D eigenvalue weighted by Gasteiger charge is 2.29.